The average Bonchev–Trinajstić information content (AvgIpc) is 4.06. The number of aryl methyl sites for hydroxylation is 2. The van der Waals surface area contributed by atoms with E-state index in [4.69, 9.17) is 17.9 Å². The van der Waals surface area contributed by atoms with Crippen LogP contribution in [0.5, 0.6) is 11.5 Å². The van der Waals surface area contributed by atoms with E-state index in [9.17, 15) is 5.48 Å². The van der Waals surface area contributed by atoms with Crippen LogP contribution >= 0.6 is 0 Å². The van der Waals surface area contributed by atoms with Gasteiger partial charge in [-0.2, -0.15) is 12.1 Å². The van der Waals surface area contributed by atoms with Gasteiger partial charge in [0.15, 0.2) is 0 Å². The van der Waals surface area contributed by atoms with Crippen molar-refractivity contribution in [3.05, 3.63) is 216 Å². The first kappa shape index (κ1) is 35.7. The van der Waals surface area contributed by atoms with E-state index in [0.29, 0.717) is 50.9 Å². The molecule has 0 N–H and O–H groups in total. The molecule has 344 valence electrons. The van der Waals surface area contributed by atoms with Crippen LogP contribution in [-0.2, 0) is 31.9 Å². The Morgan fingerprint density at radius 3 is 2.00 bits per heavy atom. The molecule has 6 heteroatoms. The van der Waals surface area contributed by atoms with E-state index in [-0.39, 0.29) is 84.0 Å². The first-order valence-electron chi connectivity index (χ1n) is 28.0. The maximum Gasteiger partial charge on any atom is 2.00 e. The summed E-state index contributed by atoms with van der Waals surface area (Å²) in [5.74, 6) is 1.61. The summed E-state index contributed by atoms with van der Waals surface area (Å²) in [6.07, 6.45) is 1.84. The molecule has 2 aromatic heterocycles. The van der Waals surface area contributed by atoms with Crippen LogP contribution in [-0.4, -0.2) is 15.6 Å². The monoisotopic (exact) mass is 1100 g/mol. The first-order valence-corrected chi connectivity index (χ1v) is 23.0. The van der Waals surface area contributed by atoms with Crippen molar-refractivity contribution >= 4 is 50.6 Å². The molecular formula is C64H54N4OPt+2. The molecule has 0 fully saturated rings. The fraction of sp³-hybridized carbons (Fsp3) is 0.156. The van der Waals surface area contributed by atoms with Crippen molar-refractivity contribution in [2.75, 3.05) is 0 Å². The molecule has 8 aromatic carbocycles. The number of hydrogen-bond donors (Lipinski definition) is 0. The van der Waals surface area contributed by atoms with Crippen LogP contribution in [0.25, 0.3) is 61.0 Å². The molecule has 10 aromatic rings. The summed E-state index contributed by atoms with van der Waals surface area (Å²) in [7, 11) is 0. The number of pyridine rings is 1. The van der Waals surface area contributed by atoms with Crippen molar-refractivity contribution in [1.29, 1.82) is 0 Å². The molecule has 70 heavy (non-hydrogen) atoms. The smallest absolute Gasteiger partial charge is 0.509 e. The van der Waals surface area contributed by atoms with Crippen molar-refractivity contribution in [2.24, 2.45) is 0 Å². The Morgan fingerprint density at radius 2 is 1.23 bits per heavy atom. The van der Waals surface area contributed by atoms with Crippen molar-refractivity contribution in [3.8, 4) is 50.7 Å². The third-order valence-corrected chi connectivity index (χ3v) is 12.6. The van der Waals surface area contributed by atoms with Crippen molar-refractivity contribution < 1.29 is 39.5 Å². The molecule has 1 aliphatic rings. The standard InChI is InChI=1S/C64H54N4O.Pt/c1-42-17-9-10-20-51(42)52-33-29-45(37-43(52)2)54-23-16-22-53(44-27-30-46(31-28-44)63(3,4)5)62(54)67-41-66(58-25-13-14-26-59(58)67)48-18-15-19-49(39-48)69-50-32-34-56-55-21-11-12-24-57(55)68(60(56)40-50)61-38-47(35-36-65-61)64(6,7)8;/h9-38H,1-8H3;/q;+2/i1D3,2D3,27D,28D,30D,31D;. The topological polar surface area (TPSA) is 33.1 Å². The number of para-hydroxylation sites is 4. The summed E-state index contributed by atoms with van der Waals surface area (Å²) in [6.45, 7) is 6.85. The van der Waals surface area contributed by atoms with Crippen molar-refractivity contribution in [1.82, 2.24) is 18.7 Å². The number of nitrogens with zero attached hydrogens (tertiary/aromatic N) is 4. The van der Waals surface area contributed by atoms with Gasteiger partial charge in [0.1, 0.15) is 11.5 Å². The quantitative estimate of drug-likeness (QED) is 0.112. The van der Waals surface area contributed by atoms with Crippen molar-refractivity contribution in [2.45, 2.75) is 66.1 Å². The first-order chi connectivity index (χ1) is 37.4. The number of fused-ring (bicyclic) bond motifs is 4. The minimum absolute atomic E-state index is 0. The normalized spacial score (nSPS) is 14.8. The molecule has 0 bridgehead atoms. The van der Waals surface area contributed by atoms with Gasteiger partial charge in [-0.15, -0.1) is 23.6 Å². The van der Waals surface area contributed by atoms with Gasteiger partial charge in [-0.05, 0) is 109 Å². The second kappa shape index (κ2) is 18.2. The third-order valence-electron chi connectivity index (χ3n) is 12.6. The molecule has 0 spiro atoms. The zero-order valence-electron chi connectivity index (χ0n) is 49.5. The van der Waals surface area contributed by atoms with E-state index in [1.165, 1.54) is 6.07 Å². The third kappa shape index (κ3) is 8.44. The van der Waals surface area contributed by atoms with Crippen LogP contribution in [0.4, 0.5) is 22.7 Å². The Morgan fingerprint density at radius 1 is 0.571 bits per heavy atom. The van der Waals surface area contributed by atoms with E-state index < -0.39 is 19.1 Å². The summed E-state index contributed by atoms with van der Waals surface area (Å²) in [5.41, 5.74) is 6.35. The zero-order chi connectivity index (χ0) is 56.1. The summed E-state index contributed by atoms with van der Waals surface area (Å²) >= 11 is 0. The van der Waals surface area contributed by atoms with E-state index in [0.717, 1.165) is 33.2 Å². The Labute approximate surface area is 440 Å². The Balaban J connectivity index is 0.00000720. The summed E-state index contributed by atoms with van der Waals surface area (Å²) in [4.78, 5) is 4.83. The van der Waals surface area contributed by atoms with E-state index in [1.807, 2.05) is 110 Å². The minimum atomic E-state index is -2.70. The van der Waals surface area contributed by atoms with E-state index >= 15 is 0 Å². The summed E-state index contributed by atoms with van der Waals surface area (Å²) in [5, 5.41) is 2.04. The number of rotatable bonds is 8. The van der Waals surface area contributed by atoms with Gasteiger partial charge in [0.25, 0.3) is 11.4 Å². The van der Waals surface area contributed by atoms with Crippen LogP contribution < -0.4 is 13.9 Å². The molecule has 0 amide bonds. The second-order valence-electron chi connectivity index (χ2n) is 19.4. The van der Waals surface area contributed by atoms with Crippen molar-refractivity contribution in [3.63, 3.8) is 0 Å². The maximum atomic E-state index is 9.55. The number of hydrogen-bond acceptors (Lipinski definition) is 2. The fourth-order valence-electron chi connectivity index (χ4n) is 9.03. The molecule has 11 rings (SSSR count). The van der Waals surface area contributed by atoms with Gasteiger partial charge in [0.05, 0.1) is 16.6 Å². The van der Waals surface area contributed by atoms with Gasteiger partial charge in [0.2, 0.25) is 5.69 Å². The predicted octanol–water partition coefficient (Wildman–Crippen LogP) is 16.6. The minimum Gasteiger partial charge on any atom is -0.509 e. The molecule has 0 saturated carbocycles. The van der Waals surface area contributed by atoms with Gasteiger partial charge < -0.3 is 9.30 Å². The second-order valence-corrected chi connectivity index (χ2v) is 19.4. The van der Waals surface area contributed by atoms with Gasteiger partial charge >= 0.3 is 27.1 Å². The summed E-state index contributed by atoms with van der Waals surface area (Å²) in [6, 6.07) is 55.8. The van der Waals surface area contributed by atoms with Gasteiger partial charge in [-0.25, -0.2) is 4.98 Å². The predicted molar refractivity (Wildman–Crippen MR) is 287 cm³/mol. The molecule has 3 heterocycles. The molecule has 0 radical (unpaired) electrons. The zero-order valence-corrected chi connectivity index (χ0v) is 41.8. The van der Waals surface area contributed by atoms with Crippen LogP contribution in [0.1, 0.15) is 77.5 Å². The van der Waals surface area contributed by atoms with Gasteiger partial charge in [-0.1, -0.05) is 167 Å². The van der Waals surface area contributed by atoms with Crippen LogP contribution in [0, 0.1) is 25.8 Å². The van der Waals surface area contributed by atoms with Crippen LogP contribution in [0.2, 0.25) is 0 Å². The number of benzene rings is 8. The number of aromatic nitrogens is 2. The molecular weight excluding hydrogens is 1040 g/mol. The van der Waals surface area contributed by atoms with Crippen LogP contribution in [0.15, 0.2) is 182 Å². The molecule has 0 aliphatic carbocycles. The molecule has 0 unspecified atom stereocenters. The SMILES string of the molecule is [2H]c1c([2H])c(C(C)(C)C)c([2H])c([2H])c1-c1cccc(-c2ccc(-c3ccccc3C([2H])([2H])[2H])c(C([2H])([2H])[2H])c2)c1[N+]1=C=[N+](c2[c-]c(Oc3[c-]c4c(cc3)c3ccccc3n4-c3cc(C(C)(C)C)ccn3)ccc2)c2ccccc21.[Pt+2]. The molecule has 5 nitrogen and oxygen atoms in total. The fourth-order valence-corrected chi connectivity index (χ4v) is 9.03. The maximum absolute atomic E-state index is 9.55. The largest absolute Gasteiger partial charge is 2.00 e. The van der Waals surface area contributed by atoms with Gasteiger partial charge in [0, 0.05) is 43.6 Å². The molecule has 0 atom stereocenters. The molecule has 1 aliphatic heterocycles. The van der Waals surface area contributed by atoms with E-state index in [2.05, 4.69) is 61.7 Å². The molecule has 0 saturated heterocycles. The Kier molecular flexibility index (Phi) is 9.25. The van der Waals surface area contributed by atoms with Crippen LogP contribution in [0.3, 0.4) is 0 Å². The van der Waals surface area contributed by atoms with Gasteiger partial charge in [-0.3, -0.25) is 0 Å². The summed E-state index contributed by atoms with van der Waals surface area (Å²) < 4.78 is 101. The Bertz CT molecular complexity index is 4190. The average molecular weight is 1100 g/mol. The number of ether oxygens (including phenoxy) is 1. The van der Waals surface area contributed by atoms with E-state index in [1.54, 1.807) is 53.1 Å². The Hall–Kier alpha value is -7.42.